The van der Waals surface area contributed by atoms with Crippen LogP contribution in [0.2, 0.25) is 0 Å². The first kappa shape index (κ1) is 23.2. The summed E-state index contributed by atoms with van der Waals surface area (Å²) in [6, 6.07) is 11.1. The lowest BCUT2D eigenvalue weighted by atomic mass is 9.88. The molecule has 10 heteroatoms. The van der Waals surface area contributed by atoms with E-state index in [2.05, 4.69) is 0 Å². The number of oxazole rings is 1. The third kappa shape index (κ3) is 4.85. The van der Waals surface area contributed by atoms with Crippen LogP contribution in [0, 0.1) is 16.0 Å². The maximum atomic E-state index is 12.8. The number of likely N-dealkylation sites (tertiary alicyclic amines) is 1. The van der Waals surface area contributed by atoms with Gasteiger partial charge in [-0.3, -0.25) is 24.3 Å². The van der Waals surface area contributed by atoms with Gasteiger partial charge in [0.15, 0.2) is 11.4 Å². The quantitative estimate of drug-likeness (QED) is 0.282. The summed E-state index contributed by atoms with van der Waals surface area (Å²) in [5.41, 5.74) is 1.10. The van der Waals surface area contributed by atoms with Gasteiger partial charge in [-0.15, -0.1) is 0 Å². The summed E-state index contributed by atoms with van der Waals surface area (Å²) in [5.74, 6) is 0.0372. The standard InChI is InChI=1S/C24H25N3O7/c1-33-19-7-4-16(5-8-19)23(29)17-10-13-25(14-11-17)22(28)3-2-12-26-20-9-6-18(27(31)32)15-21(20)34-24(26)30/h4-9,15,17H,2-3,10-14H2,1H3. The van der Waals surface area contributed by atoms with E-state index in [1.54, 1.807) is 36.3 Å². The van der Waals surface area contributed by atoms with Crippen molar-refractivity contribution in [1.82, 2.24) is 9.47 Å². The minimum atomic E-state index is -0.610. The third-order valence-corrected chi connectivity index (χ3v) is 6.23. The van der Waals surface area contributed by atoms with E-state index in [1.807, 2.05) is 0 Å². The Bertz CT molecular complexity index is 1270. The van der Waals surface area contributed by atoms with Gasteiger partial charge >= 0.3 is 5.76 Å². The summed E-state index contributed by atoms with van der Waals surface area (Å²) in [6.07, 6.45) is 1.90. The molecule has 1 aliphatic rings. The van der Waals surface area contributed by atoms with Crippen LogP contribution in [0.1, 0.15) is 36.0 Å². The number of hydrogen-bond donors (Lipinski definition) is 0. The van der Waals surface area contributed by atoms with Crippen molar-refractivity contribution in [2.24, 2.45) is 5.92 Å². The zero-order valence-corrected chi connectivity index (χ0v) is 18.8. The van der Waals surface area contributed by atoms with Crippen molar-refractivity contribution in [2.45, 2.75) is 32.2 Å². The fourth-order valence-corrected chi connectivity index (χ4v) is 4.31. The van der Waals surface area contributed by atoms with Gasteiger partial charge < -0.3 is 14.1 Å². The van der Waals surface area contributed by atoms with E-state index in [0.29, 0.717) is 49.2 Å². The van der Waals surface area contributed by atoms with Crippen LogP contribution in [0.5, 0.6) is 5.75 Å². The largest absolute Gasteiger partial charge is 0.497 e. The molecular weight excluding hydrogens is 442 g/mol. The second-order valence-electron chi connectivity index (χ2n) is 8.28. The minimum absolute atomic E-state index is 0.0215. The van der Waals surface area contributed by atoms with E-state index < -0.39 is 10.7 Å². The van der Waals surface area contributed by atoms with Crippen LogP contribution in [0.4, 0.5) is 5.69 Å². The summed E-state index contributed by atoms with van der Waals surface area (Å²) < 4.78 is 11.6. The van der Waals surface area contributed by atoms with Crippen LogP contribution in [0.15, 0.2) is 51.7 Å². The minimum Gasteiger partial charge on any atom is -0.497 e. The van der Waals surface area contributed by atoms with Crippen molar-refractivity contribution < 1.29 is 23.7 Å². The lowest BCUT2D eigenvalue weighted by molar-refractivity contribution is -0.384. The van der Waals surface area contributed by atoms with Crippen LogP contribution in [-0.2, 0) is 11.3 Å². The number of amides is 1. The number of carbonyl (C=O) groups is 2. The number of nitro benzene ring substituents is 1. The number of fused-ring (bicyclic) bond motifs is 1. The van der Waals surface area contributed by atoms with E-state index in [0.717, 1.165) is 0 Å². The SMILES string of the molecule is COc1ccc(C(=O)C2CCN(C(=O)CCCn3c(=O)oc4cc([N+](=O)[O-])ccc43)CC2)cc1. The predicted octanol–water partition coefficient (Wildman–Crippen LogP) is 3.41. The molecule has 2 aromatic carbocycles. The Kier molecular flexibility index (Phi) is 6.76. The highest BCUT2D eigenvalue weighted by molar-refractivity contribution is 5.98. The van der Waals surface area contributed by atoms with Crippen LogP contribution in [-0.4, -0.2) is 46.3 Å². The van der Waals surface area contributed by atoms with Crippen molar-refractivity contribution in [2.75, 3.05) is 20.2 Å². The number of methoxy groups -OCH3 is 1. The smallest absolute Gasteiger partial charge is 0.419 e. The Morgan fingerprint density at radius 2 is 1.85 bits per heavy atom. The molecular formula is C24H25N3O7. The van der Waals surface area contributed by atoms with Crippen LogP contribution in [0.3, 0.4) is 0 Å². The molecule has 2 heterocycles. The molecule has 0 N–H and O–H groups in total. The number of carbonyl (C=O) groups excluding carboxylic acids is 2. The van der Waals surface area contributed by atoms with E-state index in [-0.39, 0.29) is 41.8 Å². The maximum Gasteiger partial charge on any atom is 0.419 e. The van der Waals surface area contributed by atoms with Crippen molar-refractivity contribution in [3.63, 3.8) is 0 Å². The molecule has 0 bridgehead atoms. The fourth-order valence-electron chi connectivity index (χ4n) is 4.31. The Morgan fingerprint density at radius 3 is 2.50 bits per heavy atom. The number of non-ortho nitro benzene ring substituents is 1. The molecule has 0 radical (unpaired) electrons. The number of nitro groups is 1. The van der Waals surface area contributed by atoms with E-state index in [4.69, 9.17) is 9.15 Å². The molecule has 1 aromatic heterocycles. The molecule has 0 aliphatic carbocycles. The van der Waals surface area contributed by atoms with Gasteiger partial charge in [-0.2, -0.15) is 0 Å². The first-order valence-corrected chi connectivity index (χ1v) is 11.1. The molecule has 1 saturated heterocycles. The highest BCUT2D eigenvalue weighted by atomic mass is 16.6. The summed E-state index contributed by atoms with van der Waals surface area (Å²) in [4.78, 5) is 49.7. The van der Waals surface area contributed by atoms with E-state index >= 15 is 0 Å². The van der Waals surface area contributed by atoms with Crippen molar-refractivity contribution in [3.8, 4) is 5.75 Å². The molecule has 1 aliphatic heterocycles. The zero-order chi connectivity index (χ0) is 24.2. The summed E-state index contributed by atoms with van der Waals surface area (Å²) in [7, 11) is 1.58. The van der Waals surface area contributed by atoms with Gasteiger partial charge in [-0.1, -0.05) is 0 Å². The number of ketones is 1. The maximum absolute atomic E-state index is 12.8. The number of aryl methyl sites for hydroxylation is 1. The van der Waals surface area contributed by atoms with Crippen LogP contribution in [0.25, 0.3) is 11.1 Å². The fraction of sp³-hybridized carbons (Fsp3) is 0.375. The molecule has 34 heavy (non-hydrogen) atoms. The van der Waals surface area contributed by atoms with Crippen molar-refractivity contribution in [3.05, 3.63) is 68.7 Å². The van der Waals surface area contributed by atoms with Gasteiger partial charge in [0.25, 0.3) is 5.69 Å². The molecule has 1 fully saturated rings. The normalized spacial score (nSPS) is 14.3. The van der Waals surface area contributed by atoms with Crippen molar-refractivity contribution in [1.29, 1.82) is 0 Å². The molecule has 0 spiro atoms. The lowest BCUT2D eigenvalue weighted by Crippen LogP contribution is -2.40. The number of benzene rings is 2. The molecule has 1 amide bonds. The molecule has 0 saturated carbocycles. The molecule has 10 nitrogen and oxygen atoms in total. The average molecular weight is 467 g/mol. The van der Waals surface area contributed by atoms with E-state index in [9.17, 15) is 24.5 Å². The van der Waals surface area contributed by atoms with Gasteiger partial charge in [0.1, 0.15) is 5.75 Å². The van der Waals surface area contributed by atoms with E-state index in [1.165, 1.54) is 22.8 Å². The van der Waals surface area contributed by atoms with Crippen molar-refractivity contribution >= 4 is 28.5 Å². The van der Waals surface area contributed by atoms with Crippen LogP contribution >= 0.6 is 0 Å². The summed E-state index contributed by atoms with van der Waals surface area (Å²) in [6.45, 7) is 1.30. The summed E-state index contributed by atoms with van der Waals surface area (Å²) in [5, 5.41) is 10.9. The monoisotopic (exact) mass is 467 g/mol. The molecule has 3 aromatic rings. The Hall–Kier alpha value is -3.95. The second kappa shape index (κ2) is 9.90. The lowest BCUT2D eigenvalue weighted by Gasteiger charge is -2.31. The number of nitrogens with zero attached hydrogens (tertiary/aromatic N) is 3. The summed E-state index contributed by atoms with van der Waals surface area (Å²) >= 11 is 0. The number of piperidine rings is 1. The third-order valence-electron chi connectivity index (χ3n) is 6.23. The van der Waals surface area contributed by atoms with Gasteiger partial charge in [-0.05, 0) is 49.6 Å². The highest BCUT2D eigenvalue weighted by Gasteiger charge is 2.28. The number of rotatable bonds is 8. The number of ether oxygens (including phenoxy) is 1. The molecule has 178 valence electrons. The molecule has 4 rings (SSSR count). The predicted molar refractivity (Wildman–Crippen MR) is 123 cm³/mol. The van der Waals surface area contributed by atoms with Gasteiger partial charge in [-0.25, -0.2) is 4.79 Å². The van der Waals surface area contributed by atoms with Crippen LogP contribution < -0.4 is 10.5 Å². The molecule has 0 unspecified atom stereocenters. The highest BCUT2D eigenvalue weighted by Crippen LogP contribution is 2.24. The Labute approximate surface area is 194 Å². The van der Waals surface area contributed by atoms with Gasteiger partial charge in [0, 0.05) is 43.6 Å². The second-order valence-corrected chi connectivity index (χ2v) is 8.28. The average Bonchev–Trinajstić information content (AvgIpc) is 3.17. The van der Waals surface area contributed by atoms with Gasteiger partial charge in [0.2, 0.25) is 5.91 Å². The topological polar surface area (TPSA) is 125 Å². The number of Topliss-reactive ketones (excluding diaryl/α,β-unsaturated/α-hetero) is 1. The Morgan fingerprint density at radius 1 is 1.15 bits per heavy atom. The number of hydrogen-bond acceptors (Lipinski definition) is 7. The molecule has 0 atom stereocenters. The number of aromatic nitrogens is 1. The zero-order valence-electron chi connectivity index (χ0n) is 18.8. The Balaban J connectivity index is 1.28. The first-order valence-electron chi connectivity index (χ1n) is 11.1. The van der Waals surface area contributed by atoms with Gasteiger partial charge in [0.05, 0.1) is 23.6 Å². The first-order chi connectivity index (χ1) is 16.4.